The number of halogens is 1. The van der Waals surface area contributed by atoms with Crippen LogP contribution in [-0.2, 0) is 14.2 Å². The topological polar surface area (TPSA) is 165 Å². The number of amides is 1. The van der Waals surface area contributed by atoms with Gasteiger partial charge < -0.3 is 21.3 Å². The van der Waals surface area contributed by atoms with E-state index in [1.807, 2.05) is 0 Å². The Hall–Kier alpha value is -1.84. The van der Waals surface area contributed by atoms with Gasteiger partial charge in [0.05, 0.1) is 6.04 Å². The number of para-hydroxylation sites is 1. The normalized spacial score (nSPS) is 13.4. The third kappa shape index (κ3) is 11.7. The van der Waals surface area contributed by atoms with Crippen molar-refractivity contribution in [1.82, 2.24) is 5.32 Å². The van der Waals surface area contributed by atoms with E-state index in [0.29, 0.717) is 25.8 Å². The van der Waals surface area contributed by atoms with E-state index in [9.17, 15) is 18.5 Å². The summed E-state index contributed by atoms with van der Waals surface area (Å²) in [5.41, 5.74) is 11.0. The van der Waals surface area contributed by atoms with E-state index >= 15 is 0 Å². The number of benzene rings is 1. The zero-order chi connectivity index (χ0) is 24.0. The van der Waals surface area contributed by atoms with Crippen molar-refractivity contribution < 1.29 is 32.9 Å². The van der Waals surface area contributed by atoms with Crippen LogP contribution in [0.3, 0.4) is 0 Å². The van der Waals surface area contributed by atoms with Gasteiger partial charge in [0.2, 0.25) is 6.17 Å². The molecule has 0 saturated heterocycles. The summed E-state index contributed by atoms with van der Waals surface area (Å²) in [6, 6.07) is 4.87. The predicted octanol–water partition coefficient (Wildman–Crippen LogP) is 2.65. The molecule has 0 aliphatic rings. The summed E-state index contributed by atoms with van der Waals surface area (Å²) in [4.78, 5) is 41.8. The first-order valence-corrected chi connectivity index (χ1v) is 12.4. The number of nitrogens with one attached hydrogen (secondary N) is 1. The van der Waals surface area contributed by atoms with E-state index in [4.69, 9.17) is 21.3 Å². The van der Waals surface area contributed by atoms with E-state index in [2.05, 4.69) is 9.84 Å². The Morgan fingerprint density at radius 2 is 1.72 bits per heavy atom. The van der Waals surface area contributed by atoms with Crippen LogP contribution in [0.15, 0.2) is 24.3 Å². The first-order chi connectivity index (χ1) is 15.2. The summed E-state index contributed by atoms with van der Waals surface area (Å²) in [5.74, 6) is -1.20. The first-order valence-electron chi connectivity index (χ1n) is 10.9. The van der Waals surface area contributed by atoms with Gasteiger partial charge in [0, 0.05) is 18.5 Å². The van der Waals surface area contributed by atoms with Crippen molar-refractivity contribution in [3.8, 4) is 5.75 Å². The van der Waals surface area contributed by atoms with Crippen molar-refractivity contribution in [2.24, 2.45) is 11.5 Å². The Labute approximate surface area is 188 Å². The monoisotopic (exact) mass is 475 g/mol. The average molecular weight is 475 g/mol. The molecular weight excluding hydrogens is 440 g/mol. The standard InChI is InChI=1S/C21H35FN3O6P/c22-20(16-10-5-6-13-19(16)31-32(28,29)30)21(27)25-15-9-3-1-2-4-12-18(26)17(24)11-7-8-14-23/h5-6,10,13,17,20H,1-4,7-9,11-12,14-15,23-24H2,(H,25,27)(H2,28,29,30). The van der Waals surface area contributed by atoms with E-state index < -0.39 is 25.9 Å². The molecule has 7 N–H and O–H groups in total. The van der Waals surface area contributed by atoms with Gasteiger partial charge in [-0.25, -0.2) is 8.96 Å². The summed E-state index contributed by atoms with van der Waals surface area (Å²) in [6.07, 6.45) is 4.71. The lowest BCUT2D eigenvalue weighted by Gasteiger charge is -2.15. The Bertz CT molecular complexity index is 761. The third-order valence-corrected chi connectivity index (χ3v) is 5.36. The number of carbonyl (C=O) groups excluding carboxylic acids is 2. The molecule has 0 aliphatic carbocycles. The van der Waals surface area contributed by atoms with Gasteiger partial charge in [-0.2, -0.15) is 0 Å². The highest BCUT2D eigenvalue weighted by Crippen LogP contribution is 2.41. The number of rotatable bonds is 17. The Balaban J connectivity index is 2.23. The summed E-state index contributed by atoms with van der Waals surface area (Å²) in [5, 5.41) is 2.48. The van der Waals surface area contributed by atoms with Crippen LogP contribution in [0.25, 0.3) is 0 Å². The number of hydrogen-bond donors (Lipinski definition) is 5. The highest BCUT2D eigenvalue weighted by Gasteiger charge is 2.26. The van der Waals surface area contributed by atoms with Gasteiger partial charge >= 0.3 is 7.82 Å². The Kier molecular flexibility index (Phi) is 13.3. The summed E-state index contributed by atoms with van der Waals surface area (Å²) in [7, 11) is -4.87. The van der Waals surface area contributed by atoms with Crippen molar-refractivity contribution >= 4 is 19.5 Å². The average Bonchev–Trinajstić information content (AvgIpc) is 2.74. The molecule has 1 aromatic rings. The second-order valence-corrected chi connectivity index (χ2v) is 8.81. The lowest BCUT2D eigenvalue weighted by molar-refractivity contribution is -0.126. The van der Waals surface area contributed by atoms with E-state index in [-0.39, 0.29) is 23.6 Å². The van der Waals surface area contributed by atoms with Gasteiger partial charge in [0.25, 0.3) is 5.91 Å². The maximum Gasteiger partial charge on any atom is 0.524 e. The molecule has 32 heavy (non-hydrogen) atoms. The molecule has 9 nitrogen and oxygen atoms in total. The molecule has 0 aromatic heterocycles. The number of unbranched alkanes of at least 4 members (excludes halogenated alkanes) is 5. The van der Waals surface area contributed by atoms with Crippen LogP contribution in [0.1, 0.15) is 69.5 Å². The fraction of sp³-hybridized carbons (Fsp3) is 0.619. The Morgan fingerprint density at radius 3 is 2.41 bits per heavy atom. The zero-order valence-corrected chi connectivity index (χ0v) is 19.1. The molecule has 11 heteroatoms. The molecular formula is C21H35FN3O6P. The van der Waals surface area contributed by atoms with Gasteiger partial charge in [-0.15, -0.1) is 0 Å². The second-order valence-electron chi connectivity index (χ2n) is 7.65. The van der Waals surface area contributed by atoms with Crippen LogP contribution >= 0.6 is 7.82 Å². The molecule has 2 atom stereocenters. The molecule has 182 valence electrons. The number of phosphoric ester groups is 1. The molecule has 0 spiro atoms. The molecule has 1 amide bonds. The molecule has 0 radical (unpaired) electrons. The molecule has 0 heterocycles. The first kappa shape index (κ1) is 28.2. The number of phosphoric acid groups is 1. The predicted molar refractivity (Wildman–Crippen MR) is 120 cm³/mol. The van der Waals surface area contributed by atoms with E-state index in [0.717, 1.165) is 38.5 Å². The maximum absolute atomic E-state index is 14.5. The van der Waals surface area contributed by atoms with Crippen molar-refractivity contribution in [3.05, 3.63) is 29.8 Å². The lowest BCUT2D eigenvalue weighted by Crippen LogP contribution is -2.30. The molecule has 0 fully saturated rings. The second kappa shape index (κ2) is 15.1. The molecule has 0 aliphatic heterocycles. The molecule has 1 aromatic carbocycles. The number of carbonyl (C=O) groups is 2. The molecule has 2 unspecified atom stereocenters. The van der Waals surface area contributed by atoms with Crippen LogP contribution in [0.4, 0.5) is 4.39 Å². The number of ketones is 1. The quantitative estimate of drug-likeness (QED) is 0.169. The van der Waals surface area contributed by atoms with Gasteiger partial charge in [0.1, 0.15) is 11.5 Å². The highest BCUT2D eigenvalue weighted by molar-refractivity contribution is 7.46. The van der Waals surface area contributed by atoms with Gasteiger partial charge in [-0.3, -0.25) is 19.4 Å². The van der Waals surface area contributed by atoms with Crippen LogP contribution in [0.5, 0.6) is 5.75 Å². The van der Waals surface area contributed by atoms with Crippen LogP contribution in [-0.4, -0.2) is 40.6 Å². The smallest absolute Gasteiger partial charge is 0.404 e. The minimum Gasteiger partial charge on any atom is -0.404 e. The maximum atomic E-state index is 14.5. The van der Waals surface area contributed by atoms with Crippen molar-refractivity contribution in [1.29, 1.82) is 0 Å². The van der Waals surface area contributed by atoms with Gasteiger partial charge in [-0.05, 0) is 38.3 Å². The highest BCUT2D eigenvalue weighted by atomic mass is 31.2. The van der Waals surface area contributed by atoms with Crippen molar-refractivity contribution in [2.75, 3.05) is 13.1 Å². The fourth-order valence-electron chi connectivity index (χ4n) is 3.15. The minimum absolute atomic E-state index is 0.0753. The summed E-state index contributed by atoms with van der Waals surface area (Å²) in [6.45, 7) is 0.872. The van der Waals surface area contributed by atoms with Gasteiger partial charge in [0.15, 0.2) is 0 Å². The van der Waals surface area contributed by atoms with Crippen LogP contribution in [0, 0.1) is 0 Å². The number of alkyl halides is 1. The third-order valence-electron chi connectivity index (χ3n) is 4.92. The van der Waals surface area contributed by atoms with E-state index in [1.165, 1.54) is 24.3 Å². The van der Waals surface area contributed by atoms with Crippen molar-refractivity contribution in [2.45, 2.75) is 70.0 Å². The molecule has 0 saturated carbocycles. The van der Waals surface area contributed by atoms with Crippen LogP contribution in [0.2, 0.25) is 0 Å². The summed E-state index contributed by atoms with van der Waals surface area (Å²) < 4.78 is 29.9. The number of hydrogen-bond acceptors (Lipinski definition) is 6. The lowest BCUT2D eigenvalue weighted by atomic mass is 10.0. The van der Waals surface area contributed by atoms with Gasteiger partial charge in [-0.1, -0.05) is 43.9 Å². The van der Waals surface area contributed by atoms with E-state index in [1.54, 1.807) is 0 Å². The SMILES string of the molecule is NCCCCC(N)C(=O)CCCCCCCNC(=O)C(F)c1ccccc1OP(=O)(O)O. The minimum atomic E-state index is -4.87. The van der Waals surface area contributed by atoms with Crippen molar-refractivity contribution in [3.63, 3.8) is 0 Å². The fourth-order valence-corrected chi connectivity index (χ4v) is 3.58. The molecule has 1 rings (SSSR count). The number of Topliss-reactive ketones (excluding diaryl/α,β-unsaturated/α-hetero) is 1. The van der Waals surface area contributed by atoms with Crippen LogP contribution < -0.4 is 21.3 Å². The summed E-state index contributed by atoms with van der Waals surface area (Å²) >= 11 is 0. The zero-order valence-electron chi connectivity index (χ0n) is 18.2. The largest absolute Gasteiger partial charge is 0.524 e. The molecule has 0 bridgehead atoms. The number of nitrogens with two attached hydrogens (primary N) is 2. The Morgan fingerprint density at radius 1 is 1.06 bits per heavy atom.